The highest BCUT2D eigenvalue weighted by Gasteiger charge is 2.28. The quantitative estimate of drug-likeness (QED) is 0.453. The van der Waals surface area contributed by atoms with Crippen molar-refractivity contribution in [2.45, 2.75) is 50.6 Å². The van der Waals surface area contributed by atoms with Crippen molar-refractivity contribution in [3.05, 3.63) is 42.2 Å². The van der Waals surface area contributed by atoms with E-state index in [-0.39, 0.29) is 29.3 Å². The molecule has 2 fully saturated rings. The van der Waals surface area contributed by atoms with E-state index in [0.717, 1.165) is 50.4 Å². The number of nitrogens with one attached hydrogen (secondary N) is 3. The van der Waals surface area contributed by atoms with Crippen LogP contribution < -0.4 is 16.0 Å². The summed E-state index contributed by atoms with van der Waals surface area (Å²) in [5.41, 5.74) is 1.51. The Hall–Kier alpha value is -3.76. The first-order valence-electron chi connectivity index (χ1n) is 11.4. The summed E-state index contributed by atoms with van der Waals surface area (Å²) in [5.74, 6) is -0.784. The van der Waals surface area contributed by atoms with E-state index >= 15 is 0 Å². The van der Waals surface area contributed by atoms with E-state index < -0.39 is 11.7 Å². The zero-order valence-electron chi connectivity index (χ0n) is 18.8. The van der Waals surface area contributed by atoms with Crippen LogP contribution in [-0.2, 0) is 9.53 Å². The van der Waals surface area contributed by atoms with Crippen LogP contribution in [0.4, 0.5) is 21.6 Å². The summed E-state index contributed by atoms with van der Waals surface area (Å²) in [4.78, 5) is 32.9. The van der Waals surface area contributed by atoms with Crippen LogP contribution in [-0.4, -0.2) is 50.7 Å². The van der Waals surface area contributed by atoms with E-state index in [9.17, 15) is 14.0 Å². The van der Waals surface area contributed by atoms with Gasteiger partial charge in [0.15, 0.2) is 17.2 Å². The molecule has 0 aliphatic heterocycles. The molecule has 0 unspecified atom stereocenters. The molecule has 5 rings (SSSR count). The van der Waals surface area contributed by atoms with E-state index in [4.69, 9.17) is 4.74 Å². The number of ether oxygens (including phenoxy) is 1. The zero-order chi connectivity index (χ0) is 23.7. The number of amides is 1. The molecule has 0 spiro atoms. The lowest BCUT2D eigenvalue weighted by Crippen LogP contribution is -2.30. The minimum atomic E-state index is -0.626. The van der Waals surface area contributed by atoms with Gasteiger partial charge in [-0.15, -0.1) is 5.10 Å². The monoisotopic (exact) mass is 467 g/mol. The maximum Gasteiger partial charge on any atom is 0.308 e. The first kappa shape index (κ1) is 22.1. The van der Waals surface area contributed by atoms with E-state index in [1.165, 1.54) is 30.1 Å². The average molecular weight is 468 g/mol. The van der Waals surface area contributed by atoms with Gasteiger partial charge < -0.3 is 20.7 Å². The number of hydrogen-bond donors (Lipinski definition) is 3. The van der Waals surface area contributed by atoms with Crippen LogP contribution in [0, 0.1) is 11.7 Å². The number of pyridine rings is 1. The first-order chi connectivity index (χ1) is 16.5. The van der Waals surface area contributed by atoms with Gasteiger partial charge in [0.1, 0.15) is 5.82 Å². The molecule has 0 bridgehead atoms. The number of nitrogens with zero attached hydrogens (tertiary/aromatic N) is 4. The van der Waals surface area contributed by atoms with Crippen LogP contribution in [0.25, 0.3) is 5.65 Å². The van der Waals surface area contributed by atoms with Crippen LogP contribution >= 0.6 is 0 Å². The Bertz CT molecular complexity index is 1220. The molecular formula is C23H26FN7O3. The summed E-state index contributed by atoms with van der Waals surface area (Å²) in [6.07, 6.45) is 9.13. The Morgan fingerprint density at radius 2 is 1.79 bits per heavy atom. The Morgan fingerprint density at radius 3 is 2.50 bits per heavy atom. The maximum atomic E-state index is 14.0. The number of hydrogen-bond acceptors (Lipinski definition) is 8. The van der Waals surface area contributed by atoms with Gasteiger partial charge in [-0.2, -0.15) is 0 Å². The lowest BCUT2D eigenvalue weighted by Gasteiger charge is -2.28. The number of methoxy groups -OCH3 is 1. The van der Waals surface area contributed by atoms with E-state index in [1.54, 1.807) is 0 Å². The number of rotatable bonds is 7. The van der Waals surface area contributed by atoms with Gasteiger partial charge in [0, 0.05) is 24.3 Å². The van der Waals surface area contributed by atoms with Gasteiger partial charge in [0.25, 0.3) is 5.91 Å². The topological polar surface area (TPSA) is 123 Å². The number of carbonyl (C=O) groups excluding carboxylic acids is 2. The van der Waals surface area contributed by atoms with Crippen LogP contribution in [0.1, 0.15) is 49.0 Å². The van der Waals surface area contributed by atoms with Gasteiger partial charge in [-0.3, -0.25) is 14.6 Å². The van der Waals surface area contributed by atoms with Crippen molar-refractivity contribution in [2.24, 2.45) is 5.92 Å². The average Bonchev–Trinajstić information content (AvgIpc) is 3.55. The van der Waals surface area contributed by atoms with Gasteiger partial charge in [-0.1, -0.05) is 0 Å². The molecule has 0 atom stereocenters. The molecule has 3 aromatic rings. The summed E-state index contributed by atoms with van der Waals surface area (Å²) < 4.78 is 20.3. The minimum Gasteiger partial charge on any atom is -0.469 e. The smallest absolute Gasteiger partial charge is 0.308 e. The molecule has 1 amide bonds. The molecule has 11 heteroatoms. The number of imidazole rings is 1. The van der Waals surface area contributed by atoms with Crippen molar-refractivity contribution in [2.75, 3.05) is 23.1 Å². The fourth-order valence-corrected chi connectivity index (χ4v) is 4.26. The highest BCUT2D eigenvalue weighted by atomic mass is 19.1. The van der Waals surface area contributed by atoms with Crippen LogP contribution in [0.3, 0.4) is 0 Å². The lowest BCUT2D eigenvalue weighted by molar-refractivity contribution is -0.146. The fourth-order valence-electron chi connectivity index (χ4n) is 4.26. The molecule has 0 saturated heterocycles. The molecule has 2 aliphatic carbocycles. The second kappa shape index (κ2) is 9.24. The van der Waals surface area contributed by atoms with Crippen LogP contribution in [0.2, 0.25) is 0 Å². The largest absolute Gasteiger partial charge is 0.469 e. The third-order valence-electron chi connectivity index (χ3n) is 6.27. The molecule has 2 aliphatic rings. The van der Waals surface area contributed by atoms with Gasteiger partial charge >= 0.3 is 5.97 Å². The van der Waals surface area contributed by atoms with E-state index in [0.29, 0.717) is 17.5 Å². The number of esters is 1. The van der Waals surface area contributed by atoms with Gasteiger partial charge in [0.2, 0.25) is 0 Å². The molecule has 34 heavy (non-hydrogen) atoms. The zero-order valence-corrected chi connectivity index (χ0v) is 18.8. The third-order valence-corrected chi connectivity index (χ3v) is 6.27. The summed E-state index contributed by atoms with van der Waals surface area (Å²) in [6, 6.07) is 3.81. The number of carbonyl (C=O) groups is 2. The molecule has 3 aromatic heterocycles. The maximum absolute atomic E-state index is 14.0. The number of anilines is 3. The predicted octanol–water partition coefficient (Wildman–Crippen LogP) is 3.23. The lowest BCUT2D eigenvalue weighted by atomic mass is 9.86. The van der Waals surface area contributed by atoms with Crippen molar-refractivity contribution in [1.82, 2.24) is 19.6 Å². The van der Waals surface area contributed by atoms with Gasteiger partial charge in [0.05, 0.1) is 36.8 Å². The minimum absolute atomic E-state index is 0.0305. The van der Waals surface area contributed by atoms with Crippen LogP contribution in [0.5, 0.6) is 0 Å². The number of halogens is 1. The summed E-state index contributed by atoms with van der Waals surface area (Å²) >= 11 is 0. The van der Waals surface area contributed by atoms with E-state index in [1.807, 2.05) is 6.07 Å². The predicted molar refractivity (Wildman–Crippen MR) is 123 cm³/mol. The standard InChI is InChI=1S/C23H26FN7O3/c1-34-23(33)13-2-4-15(5-3-13)28-20-10-18(27-14-6-7-14)21-26-12-19(31(21)30-20)22(32)29-17-8-9-25-11-16(17)24/h8-15,27H,2-7H2,1H3,(H,28,30)(H,25,29,32). The molecule has 3 heterocycles. The molecule has 0 radical (unpaired) electrons. The van der Waals surface area contributed by atoms with Gasteiger partial charge in [-0.25, -0.2) is 13.9 Å². The summed E-state index contributed by atoms with van der Waals surface area (Å²) in [7, 11) is 1.42. The van der Waals surface area contributed by atoms with E-state index in [2.05, 4.69) is 31.0 Å². The van der Waals surface area contributed by atoms with Crippen molar-refractivity contribution in [3.8, 4) is 0 Å². The van der Waals surface area contributed by atoms with Crippen LogP contribution in [0.15, 0.2) is 30.7 Å². The first-order valence-corrected chi connectivity index (χ1v) is 11.4. The number of fused-ring (bicyclic) bond motifs is 1. The molecule has 10 nitrogen and oxygen atoms in total. The normalized spacial score (nSPS) is 20.1. The van der Waals surface area contributed by atoms with Crippen molar-refractivity contribution in [3.63, 3.8) is 0 Å². The SMILES string of the molecule is COC(=O)C1CCC(Nc2cc(NC3CC3)c3ncc(C(=O)Nc4ccncc4F)n3n2)CC1. The Balaban J connectivity index is 1.39. The fraction of sp³-hybridized carbons (Fsp3) is 0.435. The number of aromatic nitrogens is 4. The molecule has 2 saturated carbocycles. The highest BCUT2D eigenvalue weighted by Crippen LogP contribution is 2.31. The van der Waals surface area contributed by atoms with Crippen molar-refractivity contribution < 1.29 is 18.7 Å². The Labute approximate surface area is 195 Å². The molecule has 0 aromatic carbocycles. The Morgan fingerprint density at radius 1 is 1.06 bits per heavy atom. The highest BCUT2D eigenvalue weighted by molar-refractivity contribution is 6.03. The second-order valence-electron chi connectivity index (χ2n) is 8.77. The molecule has 178 valence electrons. The Kier molecular flexibility index (Phi) is 5.99. The molecule has 3 N–H and O–H groups in total. The summed E-state index contributed by atoms with van der Waals surface area (Å²) in [6.45, 7) is 0. The summed E-state index contributed by atoms with van der Waals surface area (Å²) in [5, 5.41) is 14.1. The molecular weight excluding hydrogens is 441 g/mol. The van der Waals surface area contributed by atoms with Crippen molar-refractivity contribution >= 4 is 34.7 Å². The van der Waals surface area contributed by atoms with Crippen molar-refractivity contribution in [1.29, 1.82) is 0 Å². The second-order valence-corrected chi connectivity index (χ2v) is 8.77. The van der Waals surface area contributed by atoms with Gasteiger partial charge in [-0.05, 0) is 44.6 Å². The third kappa shape index (κ3) is 4.63.